The molecule has 0 aliphatic rings. The third kappa shape index (κ3) is 47.5. The first-order valence-corrected chi connectivity index (χ1v) is 26.7. The summed E-state index contributed by atoms with van der Waals surface area (Å²) in [5.41, 5.74) is 0. The predicted octanol–water partition coefficient (Wildman–Crippen LogP) is 17.3. The van der Waals surface area contributed by atoms with Crippen LogP contribution in [0, 0.1) is 11.8 Å². The molecule has 1 atom stereocenters. The molecule has 0 bridgehead atoms. The van der Waals surface area contributed by atoms with E-state index < -0.39 is 6.10 Å². The van der Waals surface area contributed by atoms with Gasteiger partial charge in [-0.1, -0.05) is 259 Å². The Bertz CT molecular complexity index is 916. The highest BCUT2D eigenvalue weighted by Crippen LogP contribution is 2.18. The van der Waals surface area contributed by atoms with Crippen LogP contribution in [0.25, 0.3) is 0 Å². The minimum atomic E-state index is -0.760. The molecule has 60 heavy (non-hydrogen) atoms. The summed E-state index contributed by atoms with van der Waals surface area (Å²) in [6, 6.07) is 0. The van der Waals surface area contributed by atoms with Crippen molar-refractivity contribution in [2.45, 2.75) is 304 Å². The molecule has 356 valence electrons. The average molecular weight is 849 g/mol. The largest absolute Gasteiger partial charge is 0.462 e. The van der Waals surface area contributed by atoms with Crippen LogP contribution in [0.4, 0.5) is 0 Å². The van der Waals surface area contributed by atoms with Crippen molar-refractivity contribution in [2.75, 3.05) is 13.2 Å². The number of esters is 3. The number of unbranched alkanes of at least 4 members (excludes halogenated alkanes) is 33. The van der Waals surface area contributed by atoms with Crippen molar-refractivity contribution < 1.29 is 28.6 Å². The van der Waals surface area contributed by atoms with Gasteiger partial charge >= 0.3 is 17.9 Å². The molecule has 0 rings (SSSR count). The highest BCUT2D eigenvalue weighted by molar-refractivity contribution is 5.71. The van der Waals surface area contributed by atoms with Crippen LogP contribution in [0.5, 0.6) is 0 Å². The molecular weight excluding hydrogens is 745 g/mol. The molecule has 0 N–H and O–H groups in total. The van der Waals surface area contributed by atoms with E-state index in [-0.39, 0.29) is 31.1 Å². The quantitative estimate of drug-likeness (QED) is 0.0345. The molecular formula is C54H104O6. The van der Waals surface area contributed by atoms with Crippen molar-refractivity contribution in [1.29, 1.82) is 0 Å². The van der Waals surface area contributed by atoms with E-state index in [0.29, 0.717) is 19.3 Å². The molecule has 0 amide bonds. The van der Waals surface area contributed by atoms with Crippen molar-refractivity contribution in [2.24, 2.45) is 11.8 Å². The number of hydrogen-bond donors (Lipinski definition) is 0. The zero-order chi connectivity index (χ0) is 44.0. The maximum atomic E-state index is 12.7. The Balaban J connectivity index is 4.06. The van der Waals surface area contributed by atoms with E-state index in [1.54, 1.807) is 0 Å². The van der Waals surface area contributed by atoms with Crippen LogP contribution in [-0.4, -0.2) is 37.2 Å². The molecule has 0 aromatic heterocycles. The minimum Gasteiger partial charge on any atom is -0.462 e. The molecule has 0 saturated heterocycles. The summed E-state index contributed by atoms with van der Waals surface area (Å²) in [5.74, 6) is 0.837. The van der Waals surface area contributed by atoms with Crippen LogP contribution in [0.3, 0.4) is 0 Å². The molecule has 0 heterocycles. The van der Waals surface area contributed by atoms with Gasteiger partial charge in [0.05, 0.1) is 0 Å². The van der Waals surface area contributed by atoms with E-state index in [1.165, 1.54) is 180 Å². The van der Waals surface area contributed by atoms with E-state index >= 15 is 0 Å². The van der Waals surface area contributed by atoms with Gasteiger partial charge in [-0.25, -0.2) is 0 Å². The van der Waals surface area contributed by atoms with Gasteiger partial charge in [-0.2, -0.15) is 0 Å². The number of ether oxygens (including phenoxy) is 3. The fourth-order valence-electron chi connectivity index (χ4n) is 8.17. The van der Waals surface area contributed by atoms with Crippen LogP contribution < -0.4 is 0 Å². The van der Waals surface area contributed by atoms with Gasteiger partial charge in [-0.3, -0.25) is 14.4 Å². The Morgan fingerprint density at radius 2 is 0.550 bits per heavy atom. The number of carbonyl (C=O) groups is 3. The molecule has 0 radical (unpaired) electrons. The molecule has 0 unspecified atom stereocenters. The van der Waals surface area contributed by atoms with Crippen LogP contribution in [0.1, 0.15) is 298 Å². The molecule has 0 aliphatic carbocycles. The number of carbonyl (C=O) groups excluding carboxylic acids is 3. The van der Waals surface area contributed by atoms with Gasteiger partial charge in [-0.15, -0.1) is 0 Å². The first-order chi connectivity index (χ1) is 29.2. The Labute approximate surface area is 374 Å². The van der Waals surface area contributed by atoms with Crippen LogP contribution in [0.2, 0.25) is 0 Å². The van der Waals surface area contributed by atoms with Gasteiger partial charge in [0.1, 0.15) is 13.2 Å². The summed E-state index contributed by atoms with van der Waals surface area (Å²) in [6.45, 7) is 11.3. The second-order valence-corrected chi connectivity index (χ2v) is 19.5. The number of hydrogen-bond acceptors (Lipinski definition) is 6. The third-order valence-electron chi connectivity index (χ3n) is 12.2. The van der Waals surface area contributed by atoms with E-state index in [9.17, 15) is 14.4 Å². The fraction of sp³-hybridized carbons (Fsp3) is 0.944. The predicted molar refractivity (Wildman–Crippen MR) is 256 cm³/mol. The second kappa shape index (κ2) is 46.9. The van der Waals surface area contributed by atoms with Crippen LogP contribution in [-0.2, 0) is 28.6 Å². The normalized spacial score (nSPS) is 12.1. The molecule has 0 fully saturated rings. The lowest BCUT2D eigenvalue weighted by atomic mass is 10.0. The molecule has 0 saturated carbocycles. The zero-order valence-corrected chi connectivity index (χ0v) is 41.1. The van der Waals surface area contributed by atoms with Crippen LogP contribution in [0.15, 0.2) is 0 Å². The van der Waals surface area contributed by atoms with E-state index in [2.05, 4.69) is 34.6 Å². The topological polar surface area (TPSA) is 78.9 Å². The monoisotopic (exact) mass is 849 g/mol. The highest BCUT2D eigenvalue weighted by Gasteiger charge is 2.19. The smallest absolute Gasteiger partial charge is 0.306 e. The zero-order valence-electron chi connectivity index (χ0n) is 41.1. The molecule has 0 spiro atoms. The van der Waals surface area contributed by atoms with Crippen molar-refractivity contribution in [3.8, 4) is 0 Å². The van der Waals surface area contributed by atoms with Gasteiger partial charge in [-0.05, 0) is 31.1 Å². The molecule has 0 aromatic carbocycles. The Morgan fingerprint density at radius 1 is 0.317 bits per heavy atom. The van der Waals surface area contributed by atoms with E-state index in [0.717, 1.165) is 76.0 Å². The Morgan fingerprint density at radius 3 is 0.817 bits per heavy atom. The molecule has 6 nitrogen and oxygen atoms in total. The summed E-state index contributed by atoms with van der Waals surface area (Å²) >= 11 is 0. The standard InChI is InChI=1S/C54H104O6/c1-6-7-8-32-39-44-52(55)58-47-51(60-54(57)46-41-36-31-27-23-19-15-17-21-25-29-34-38-43-50(4)5)48-59-53(56)45-40-35-30-26-22-18-14-12-10-9-11-13-16-20-24-28-33-37-42-49(2)3/h49-51H,6-48H2,1-5H3/t51-/m0/s1. The first kappa shape index (κ1) is 58.4. The SMILES string of the molecule is CCCCCCCC(=O)OC[C@@H](COC(=O)CCCCCCCCCCCCCCCCCCCCC(C)C)OC(=O)CCCCCCCCCCCCCCCC(C)C. The van der Waals surface area contributed by atoms with Gasteiger partial charge < -0.3 is 14.2 Å². The van der Waals surface area contributed by atoms with E-state index in [4.69, 9.17) is 14.2 Å². The fourth-order valence-corrected chi connectivity index (χ4v) is 8.17. The van der Waals surface area contributed by atoms with Crippen molar-refractivity contribution in [3.63, 3.8) is 0 Å². The lowest BCUT2D eigenvalue weighted by Crippen LogP contribution is -2.30. The lowest BCUT2D eigenvalue weighted by Gasteiger charge is -2.18. The van der Waals surface area contributed by atoms with Crippen molar-refractivity contribution in [3.05, 3.63) is 0 Å². The summed E-state index contributed by atoms with van der Waals surface area (Å²) in [4.78, 5) is 37.7. The third-order valence-corrected chi connectivity index (χ3v) is 12.2. The van der Waals surface area contributed by atoms with Gasteiger partial charge in [0, 0.05) is 19.3 Å². The summed E-state index contributed by atoms with van der Waals surface area (Å²) < 4.78 is 16.7. The van der Waals surface area contributed by atoms with E-state index in [1.807, 2.05) is 0 Å². The molecule has 0 aromatic rings. The second-order valence-electron chi connectivity index (χ2n) is 19.5. The van der Waals surface area contributed by atoms with Crippen LogP contribution >= 0.6 is 0 Å². The Hall–Kier alpha value is -1.59. The number of rotatable bonds is 48. The van der Waals surface area contributed by atoms with Crippen molar-refractivity contribution >= 4 is 17.9 Å². The minimum absolute atomic E-state index is 0.0643. The van der Waals surface area contributed by atoms with Gasteiger partial charge in [0.15, 0.2) is 6.10 Å². The summed E-state index contributed by atoms with van der Waals surface area (Å²) in [7, 11) is 0. The van der Waals surface area contributed by atoms with Crippen molar-refractivity contribution in [1.82, 2.24) is 0 Å². The Kier molecular flexibility index (Phi) is 45.7. The van der Waals surface area contributed by atoms with Gasteiger partial charge in [0.25, 0.3) is 0 Å². The van der Waals surface area contributed by atoms with Gasteiger partial charge in [0.2, 0.25) is 0 Å². The molecule has 6 heteroatoms. The summed E-state index contributed by atoms with van der Waals surface area (Å²) in [5, 5.41) is 0. The lowest BCUT2D eigenvalue weighted by molar-refractivity contribution is -0.167. The maximum Gasteiger partial charge on any atom is 0.306 e. The summed E-state index contributed by atoms with van der Waals surface area (Å²) in [6.07, 6.45) is 48.5. The molecule has 0 aliphatic heterocycles. The maximum absolute atomic E-state index is 12.7. The average Bonchev–Trinajstić information content (AvgIpc) is 3.22. The first-order valence-electron chi connectivity index (χ1n) is 26.7. The highest BCUT2D eigenvalue weighted by atomic mass is 16.6.